The number of β-amino-alcohol motifs (C(OH)–C–C–N with tert-alkyl or cyclic N) is 1. The third-order valence-electron chi connectivity index (χ3n) is 3.66. The average molecular weight is 302 g/mol. The number of likely N-dealkylation sites (tertiary alicyclic amines) is 1. The molecule has 22 heavy (non-hydrogen) atoms. The fraction of sp³-hybridized carbons (Fsp3) is 0.412. The average Bonchev–Trinajstić information content (AvgIpc) is 2.53. The van der Waals surface area contributed by atoms with Crippen LogP contribution >= 0.6 is 0 Å². The number of rotatable bonds is 4. The molecule has 1 aliphatic heterocycles. The lowest BCUT2D eigenvalue weighted by Crippen LogP contribution is -2.50. The summed E-state index contributed by atoms with van der Waals surface area (Å²) in [6, 6.07) is 8.89. The predicted octanol–water partition coefficient (Wildman–Crippen LogP) is 1.19. The number of amides is 2. The van der Waals surface area contributed by atoms with E-state index in [0.29, 0.717) is 13.1 Å². The fourth-order valence-corrected chi connectivity index (χ4v) is 2.49. The number of piperidine rings is 1. The molecule has 1 saturated heterocycles. The molecule has 2 rings (SSSR count). The minimum absolute atomic E-state index is 0.153. The molecule has 5 nitrogen and oxygen atoms in total. The van der Waals surface area contributed by atoms with Crippen LogP contribution in [0, 0.1) is 0 Å². The van der Waals surface area contributed by atoms with Crippen LogP contribution in [0.4, 0.5) is 0 Å². The second-order valence-electron chi connectivity index (χ2n) is 5.55. The second-order valence-corrected chi connectivity index (χ2v) is 5.55. The highest BCUT2D eigenvalue weighted by molar-refractivity contribution is 5.95. The van der Waals surface area contributed by atoms with Crippen LogP contribution in [0.1, 0.15) is 25.3 Å². The Morgan fingerprint density at radius 2 is 2.09 bits per heavy atom. The molecule has 0 spiro atoms. The largest absolute Gasteiger partial charge is 0.391 e. The van der Waals surface area contributed by atoms with Gasteiger partial charge in [0.1, 0.15) is 6.04 Å². The molecule has 2 N–H and O–H groups in total. The van der Waals surface area contributed by atoms with Crippen molar-refractivity contribution in [3.8, 4) is 0 Å². The molecular weight excluding hydrogens is 280 g/mol. The highest BCUT2D eigenvalue weighted by Crippen LogP contribution is 2.11. The van der Waals surface area contributed by atoms with Gasteiger partial charge in [0.2, 0.25) is 11.8 Å². The van der Waals surface area contributed by atoms with Crippen molar-refractivity contribution in [2.75, 3.05) is 13.1 Å². The number of nitrogens with zero attached hydrogens (tertiary/aromatic N) is 1. The Morgan fingerprint density at radius 1 is 1.36 bits per heavy atom. The molecular formula is C17H22N2O3. The van der Waals surface area contributed by atoms with Gasteiger partial charge in [-0.1, -0.05) is 30.3 Å². The zero-order valence-corrected chi connectivity index (χ0v) is 12.7. The van der Waals surface area contributed by atoms with Gasteiger partial charge in [-0.05, 0) is 31.4 Å². The molecule has 0 bridgehead atoms. The molecule has 0 aliphatic carbocycles. The summed E-state index contributed by atoms with van der Waals surface area (Å²) in [5.41, 5.74) is 0.927. The Balaban J connectivity index is 1.85. The molecule has 118 valence electrons. The molecule has 0 saturated carbocycles. The number of carbonyl (C=O) groups excluding carboxylic acids is 2. The van der Waals surface area contributed by atoms with Crippen molar-refractivity contribution >= 4 is 17.9 Å². The lowest BCUT2D eigenvalue weighted by Gasteiger charge is -2.32. The van der Waals surface area contributed by atoms with E-state index in [0.717, 1.165) is 18.4 Å². The molecule has 2 atom stereocenters. The summed E-state index contributed by atoms with van der Waals surface area (Å²) < 4.78 is 0. The Bertz CT molecular complexity index is 542. The van der Waals surface area contributed by atoms with Gasteiger partial charge in [0, 0.05) is 19.2 Å². The van der Waals surface area contributed by atoms with Crippen molar-refractivity contribution in [2.45, 2.75) is 31.9 Å². The smallest absolute Gasteiger partial charge is 0.244 e. The van der Waals surface area contributed by atoms with Gasteiger partial charge in [-0.25, -0.2) is 0 Å². The molecule has 2 amide bonds. The highest BCUT2D eigenvalue weighted by Gasteiger charge is 2.26. The predicted molar refractivity (Wildman–Crippen MR) is 84.9 cm³/mol. The molecule has 2 unspecified atom stereocenters. The number of nitrogens with one attached hydrogen (secondary N) is 1. The van der Waals surface area contributed by atoms with Crippen LogP contribution in [0.2, 0.25) is 0 Å². The maximum atomic E-state index is 12.2. The summed E-state index contributed by atoms with van der Waals surface area (Å²) in [6.45, 7) is 2.65. The van der Waals surface area contributed by atoms with Crippen LogP contribution in [0.25, 0.3) is 6.08 Å². The third-order valence-corrected chi connectivity index (χ3v) is 3.66. The van der Waals surface area contributed by atoms with E-state index in [1.165, 1.54) is 6.08 Å². The first-order valence-electron chi connectivity index (χ1n) is 7.57. The Hall–Kier alpha value is -2.14. The SMILES string of the molecule is CC(NC(=O)C=Cc1ccccc1)C(=O)N1CCCC(O)C1. The van der Waals surface area contributed by atoms with Gasteiger partial charge in [0.05, 0.1) is 6.10 Å². The van der Waals surface area contributed by atoms with Gasteiger partial charge in [-0.3, -0.25) is 9.59 Å². The van der Waals surface area contributed by atoms with Crippen molar-refractivity contribution in [2.24, 2.45) is 0 Å². The Morgan fingerprint density at radius 3 is 2.77 bits per heavy atom. The van der Waals surface area contributed by atoms with E-state index in [-0.39, 0.29) is 11.8 Å². The normalized spacial score (nSPS) is 19.9. The van der Waals surface area contributed by atoms with E-state index < -0.39 is 12.1 Å². The molecule has 1 aliphatic rings. The minimum atomic E-state index is -0.599. The number of benzene rings is 1. The van der Waals surface area contributed by atoms with Gasteiger partial charge in [0.15, 0.2) is 0 Å². The standard InChI is InChI=1S/C17H22N2O3/c1-13(17(22)19-11-5-8-15(20)12-19)18-16(21)10-9-14-6-3-2-4-7-14/h2-4,6-7,9-10,13,15,20H,5,8,11-12H2,1H3,(H,18,21). The first kappa shape index (κ1) is 16.2. The van der Waals surface area contributed by atoms with Crippen LogP contribution in [0.3, 0.4) is 0 Å². The first-order valence-corrected chi connectivity index (χ1v) is 7.57. The van der Waals surface area contributed by atoms with Gasteiger partial charge in [-0.2, -0.15) is 0 Å². The van der Waals surface area contributed by atoms with E-state index >= 15 is 0 Å². The Labute approximate surface area is 130 Å². The van der Waals surface area contributed by atoms with Crippen LogP contribution in [0.15, 0.2) is 36.4 Å². The summed E-state index contributed by atoms with van der Waals surface area (Å²) in [7, 11) is 0. The van der Waals surface area contributed by atoms with Gasteiger partial charge in [0.25, 0.3) is 0 Å². The van der Waals surface area contributed by atoms with Crippen LogP contribution in [-0.4, -0.2) is 47.1 Å². The molecule has 1 heterocycles. The van der Waals surface area contributed by atoms with E-state index in [9.17, 15) is 14.7 Å². The summed E-state index contributed by atoms with van der Waals surface area (Å²) in [6.07, 6.45) is 4.19. The second kappa shape index (κ2) is 7.75. The number of aliphatic hydroxyl groups is 1. The minimum Gasteiger partial charge on any atom is -0.391 e. The lowest BCUT2D eigenvalue weighted by atomic mass is 10.1. The fourth-order valence-electron chi connectivity index (χ4n) is 2.49. The van der Waals surface area contributed by atoms with E-state index in [1.54, 1.807) is 17.9 Å². The van der Waals surface area contributed by atoms with E-state index in [2.05, 4.69) is 5.32 Å². The van der Waals surface area contributed by atoms with Crippen molar-refractivity contribution in [1.82, 2.24) is 10.2 Å². The molecule has 5 heteroatoms. The van der Waals surface area contributed by atoms with Crippen molar-refractivity contribution in [1.29, 1.82) is 0 Å². The number of carbonyl (C=O) groups is 2. The van der Waals surface area contributed by atoms with Crippen LogP contribution < -0.4 is 5.32 Å². The van der Waals surface area contributed by atoms with E-state index in [1.807, 2.05) is 30.3 Å². The van der Waals surface area contributed by atoms with Crippen LogP contribution in [0.5, 0.6) is 0 Å². The number of hydrogen-bond acceptors (Lipinski definition) is 3. The lowest BCUT2D eigenvalue weighted by molar-refractivity contribution is -0.137. The van der Waals surface area contributed by atoms with Crippen LogP contribution in [-0.2, 0) is 9.59 Å². The summed E-state index contributed by atoms with van der Waals surface area (Å²) in [5.74, 6) is -0.456. The third kappa shape index (κ3) is 4.70. The Kier molecular flexibility index (Phi) is 5.72. The van der Waals surface area contributed by atoms with Crippen molar-refractivity contribution in [3.63, 3.8) is 0 Å². The monoisotopic (exact) mass is 302 g/mol. The summed E-state index contributed by atoms with van der Waals surface area (Å²) in [5, 5.41) is 12.3. The van der Waals surface area contributed by atoms with E-state index in [4.69, 9.17) is 0 Å². The molecule has 1 aromatic carbocycles. The van der Waals surface area contributed by atoms with Crippen molar-refractivity contribution < 1.29 is 14.7 Å². The quantitative estimate of drug-likeness (QED) is 0.821. The van der Waals surface area contributed by atoms with Gasteiger partial charge < -0.3 is 15.3 Å². The summed E-state index contributed by atoms with van der Waals surface area (Å²) in [4.78, 5) is 25.7. The maximum Gasteiger partial charge on any atom is 0.244 e. The first-order chi connectivity index (χ1) is 10.6. The number of hydrogen-bond donors (Lipinski definition) is 2. The molecule has 1 fully saturated rings. The molecule has 0 aromatic heterocycles. The molecule has 0 radical (unpaired) electrons. The molecule has 1 aromatic rings. The highest BCUT2D eigenvalue weighted by atomic mass is 16.3. The topological polar surface area (TPSA) is 69.6 Å². The summed E-state index contributed by atoms with van der Waals surface area (Å²) >= 11 is 0. The van der Waals surface area contributed by atoms with Gasteiger partial charge >= 0.3 is 0 Å². The van der Waals surface area contributed by atoms with Gasteiger partial charge in [-0.15, -0.1) is 0 Å². The van der Waals surface area contributed by atoms with Crippen molar-refractivity contribution in [3.05, 3.63) is 42.0 Å². The maximum absolute atomic E-state index is 12.2. The zero-order chi connectivity index (χ0) is 15.9. The zero-order valence-electron chi connectivity index (χ0n) is 12.7. The number of aliphatic hydroxyl groups excluding tert-OH is 1.